The highest BCUT2D eigenvalue weighted by Crippen LogP contribution is 2.27. The summed E-state index contributed by atoms with van der Waals surface area (Å²) in [5, 5.41) is 10.7. The highest BCUT2D eigenvalue weighted by atomic mass is 16.6. The van der Waals surface area contributed by atoms with Crippen LogP contribution in [0.1, 0.15) is 20.3 Å². The van der Waals surface area contributed by atoms with Gasteiger partial charge in [0.2, 0.25) is 0 Å². The standard InChI is InChI=1S/C13H19N3O4/c1-3-7-15(9-13(17)20-4-2)10-5-6-12(16(18)19)11(14)8-10/h5-6,8H,3-4,7,9,14H2,1-2H3. The van der Waals surface area contributed by atoms with E-state index < -0.39 is 4.92 Å². The molecule has 110 valence electrons. The number of nitrogens with zero attached hydrogens (tertiary/aromatic N) is 2. The van der Waals surface area contributed by atoms with Gasteiger partial charge in [-0.05, 0) is 25.5 Å². The number of hydrogen-bond acceptors (Lipinski definition) is 6. The van der Waals surface area contributed by atoms with Gasteiger partial charge in [0.1, 0.15) is 12.2 Å². The summed E-state index contributed by atoms with van der Waals surface area (Å²) in [6.07, 6.45) is 0.830. The highest BCUT2D eigenvalue weighted by Gasteiger charge is 2.16. The average molecular weight is 281 g/mol. The number of hydrogen-bond donors (Lipinski definition) is 1. The van der Waals surface area contributed by atoms with Gasteiger partial charge in [-0.15, -0.1) is 0 Å². The molecular formula is C13H19N3O4. The molecule has 0 heterocycles. The van der Waals surface area contributed by atoms with Gasteiger partial charge in [0.15, 0.2) is 0 Å². The second-order valence-corrected chi connectivity index (χ2v) is 4.23. The molecule has 0 aromatic heterocycles. The van der Waals surface area contributed by atoms with Gasteiger partial charge in [0.25, 0.3) is 5.69 Å². The SMILES string of the molecule is CCCN(CC(=O)OCC)c1ccc([N+](=O)[O-])c(N)c1. The van der Waals surface area contributed by atoms with Crippen LogP contribution in [0.4, 0.5) is 17.1 Å². The van der Waals surface area contributed by atoms with E-state index >= 15 is 0 Å². The Labute approximate surface area is 117 Å². The van der Waals surface area contributed by atoms with Crippen molar-refractivity contribution in [2.75, 3.05) is 30.3 Å². The lowest BCUT2D eigenvalue weighted by atomic mass is 10.2. The van der Waals surface area contributed by atoms with Crippen LogP contribution >= 0.6 is 0 Å². The minimum Gasteiger partial charge on any atom is -0.465 e. The molecule has 7 heteroatoms. The van der Waals surface area contributed by atoms with Crippen LogP contribution in [0.25, 0.3) is 0 Å². The summed E-state index contributed by atoms with van der Waals surface area (Å²) < 4.78 is 4.91. The van der Waals surface area contributed by atoms with Gasteiger partial charge in [-0.25, -0.2) is 0 Å². The minimum atomic E-state index is -0.533. The highest BCUT2D eigenvalue weighted by molar-refractivity contribution is 5.77. The largest absolute Gasteiger partial charge is 0.465 e. The van der Waals surface area contributed by atoms with E-state index in [1.54, 1.807) is 17.9 Å². The van der Waals surface area contributed by atoms with Gasteiger partial charge >= 0.3 is 5.97 Å². The van der Waals surface area contributed by atoms with Gasteiger partial charge in [-0.2, -0.15) is 0 Å². The van der Waals surface area contributed by atoms with Crippen molar-refractivity contribution in [3.63, 3.8) is 0 Å². The van der Waals surface area contributed by atoms with Crippen molar-refractivity contribution in [3.8, 4) is 0 Å². The van der Waals surface area contributed by atoms with E-state index in [-0.39, 0.29) is 23.9 Å². The van der Waals surface area contributed by atoms with Crippen LogP contribution in [0.15, 0.2) is 18.2 Å². The second-order valence-electron chi connectivity index (χ2n) is 4.23. The van der Waals surface area contributed by atoms with Gasteiger partial charge in [-0.1, -0.05) is 6.92 Å². The number of carbonyl (C=O) groups is 1. The topological polar surface area (TPSA) is 98.7 Å². The Morgan fingerprint density at radius 3 is 2.65 bits per heavy atom. The maximum Gasteiger partial charge on any atom is 0.325 e. The van der Waals surface area contributed by atoms with E-state index in [0.717, 1.165) is 6.42 Å². The summed E-state index contributed by atoms with van der Waals surface area (Å²) in [5.41, 5.74) is 6.27. The van der Waals surface area contributed by atoms with Crippen LogP contribution in [-0.4, -0.2) is 30.6 Å². The molecule has 0 aliphatic carbocycles. The predicted molar refractivity (Wildman–Crippen MR) is 76.6 cm³/mol. The number of nitrogen functional groups attached to an aromatic ring is 1. The van der Waals surface area contributed by atoms with Crippen molar-refractivity contribution in [2.45, 2.75) is 20.3 Å². The van der Waals surface area contributed by atoms with Crippen molar-refractivity contribution in [3.05, 3.63) is 28.3 Å². The van der Waals surface area contributed by atoms with Crippen LogP contribution < -0.4 is 10.6 Å². The zero-order chi connectivity index (χ0) is 15.1. The molecule has 0 aliphatic heterocycles. The smallest absolute Gasteiger partial charge is 0.325 e. The first kappa shape index (κ1) is 15.7. The van der Waals surface area contributed by atoms with E-state index in [1.165, 1.54) is 12.1 Å². The van der Waals surface area contributed by atoms with Gasteiger partial charge in [0.05, 0.1) is 11.5 Å². The Morgan fingerprint density at radius 2 is 2.15 bits per heavy atom. The van der Waals surface area contributed by atoms with E-state index in [0.29, 0.717) is 18.8 Å². The van der Waals surface area contributed by atoms with Crippen LogP contribution in [-0.2, 0) is 9.53 Å². The van der Waals surface area contributed by atoms with Gasteiger partial charge < -0.3 is 15.4 Å². The molecule has 0 saturated heterocycles. The lowest BCUT2D eigenvalue weighted by Crippen LogP contribution is -2.31. The summed E-state index contributed by atoms with van der Waals surface area (Å²) in [5.74, 6) is -0.335. The summed E-state index contributed by atoms with van der Waals surface area (Å²) in [4.78, 5) is 23.5. The van der Waals surface area contributed by atoms with Crippen LogP contribution in [0.3, 0.4) is 0 Å². The summed E-state index contributed by atoms with van der Waals surface area (Å²) in [6.45, 7) is 4.77. The number of nitro groups is 1. The average Bonchev–Trinajstić information content (AvgIpc) is 2.38. The third-order valence-electron chi connectivity index (χ3n) is 2.69. The maximum atomic E-state index is 11.6. The Bertz CT molecular complexity index is 491. The Hall–Kier alpha value is -2.31. The first-order valence-corrected chi connectivity index (χ1v) is 6.44. The predicted octanol–water partition coefficient (Wildman–Crippen LogP) is 1.96. The zero-order valence-electron chi connectivity index (χ0n) is 11.7. The van der Waals surface area contributed by atoms with Crippen LogP contribution in [0.2, 0.25) is 0 Å². The fourth-order valence-corrected chi connectivity index (χ4v) is 1.84. The molecule has 1 aromatic rings. The van der Waals surface area contributed by atoms with Crippen molar-refractivity contribution in [1.29, 1.82) is 0 Å². The molecule has 0 bridgehead atoms. The first-order chi connectivity index (χ1) is 9.49. The first-order valence-electron chi connectivity index (χ1n) is 6.44. The number of carbonyl (C=O) groups excluding carboxylic acids is 1. The van der Waals surface area contributed by atoms with Crippen molar-refractivity contribution < 1.29 is 14.5 Å². The Morgan fingerprint density at radius 1 is 1.45 bits per heavy atom. The molecule has 7 nitrogen and oxygen atoms in total. The van der Waals surface area contributed by atoms with Crippen LogP contribution in [0.5, 0.6) is 0 Å². The monoisotopic (exact) mass is 281 g/mol. The molecule has 1 rings (SSSR count). The third-order valence-corrected chi connectivity index (χ3v) is 2.69. The van der Waals surface area contributed by atoms with E-state index in [1.807, 2.05) is 6.92 Å². The quantitative estimate of drug-likeness (QED) is 0.355. The number of nitrogens with two attached hydrogens (primary N) is 1. The van der Waals surface area contributed by atoms with E-state index in [2.05, 4.69) is 0 Å². The fraction of sp³-hybridized carbons (Fsp3) is 0.462. The third kappa shape index (κ3) is 4.11. The molecule has 20 heavy (non-hydrogen) atoms. The zero-order valence-corrected chi connectivity index (χ0v) is 11.7. The lowest BCUT2D eigenvalue weighted by Gasteiger charge is -2.23. The van der Waals surface area contributed by atoms with Crippen LogP contribution in [0, 0.1) is 10.1 Å². The maximum absolute atomic E-state index is 11.6. The number of nitro benzene ring substituents is 1. The molecule has 0 fully saturated rings. The van der Waals surface area contributed by atoms with Gasteiger partial charge in [0, 0.05) is 18.3 Å². The summed E-state index contributed by atoms with van der Waals surface area (Å²) in [6, 6.07) is 4.44. The van der Waals surface area contributed by atoms with E-state index in [4.69, 9.17) is 10.5 Å². The van der Waals surface area contributed by atoms with E-state index in [9.17, 15) is 14.9 Å². The number of benzene rings is 1. The van der Waals surface area contributed by atoms with Gasteiger partial charge in [-0.3, -0.25) is 14.9 Å². The molecule has 0 atom stereocenters. The minimum absolute atomic E-state index is 0.0810. The number of anilines is 2. The molecule has 0 unspecified atom stereocenters. The molecule has 0 saturated carbocycles. The number of ether oxygens (including phenoxy) is 1. The normalized spacial score (nSPS) is 10.1. The molecule has 2 N–H and O–H groups in total. The molecule has 0 amide bonds. The summed E-state index contributed by atoms with van der Waals surface area (Å²) >= 11 is 0. The molecule has 0 radical (unpaired) electrons. The Balaban J connectivity index is 2.94. The summed E-state index contributed by atoms with van der Waals surface area (Å²) in [7, 11) is 0. The number of esters is 1. The fourth-order valence-electron chi connectivity index (χ4n) is 1.84. The molecular weight excluding hydrogens is 262 g/mol. The molecule has 1 aromatic carbocycles. The molecule has 0 spiro atoms. The second kappa shape index (κ2) is 7.32. The van der Waals surface area contributed by atoms with Crippen molar-refractivity contribution in [2.24, 2.45) is 0 Å². The number of rotatable bonds is 7. The van der Waals surface area contributed by atoms with Crippen molar-refractivity contribution in [1.82, 2.24) is 0 Å². The lowest BCUT2D eigenvalue weighted by molar-refractivity contribution is -0.383. The molecule has 0 aliphatic rings. The Kier molecular flexibility index (Phi) is 5.76. The van der Waals surface area contributed by atoms with Crippen molar-refractivity contribution >= 4 is 23.0 Å².